The standard InChI is InChI=1S/C14H30N2/c1-12(2)8-10-16(13-6-7-13)11-9-15-14(3,4)5/h12-13,15H,6-11H2,1-5H3. The first-order valence-corrected chi connectivity index (χ1v) is 6.87. The van der Waals surface area contributed by atoms with Crippen molar-refractivity contribution in [1.82, 2.24) is 10.2 Å². The first-order valence-electron chi connectivity index (χ1n) is 6.87. The van der Waals surface area contributed by atoms with Gasteiger partial charge in [0.15, 0.2) is 0 Å². The largest absolute Gasteiger partial charge is 0.311 e. The minimum absolute atomic E-state index is 0.257. The number of hydrogen-bond acceptors (Lipinski definition) is 2. The van der Waals surface area contributed by atoms with Crippen LogP contribution in [0.25, 0.3) is 0 Å². The topological polar surface area (TPSA) is 15.3 Å². The molecule has 0 radical (unpaired) electrons. The lowest BCUT2D eigenvalue weighted by Gasteiger charge is -2.26. The van der Waals surface area contributed by atoms with Crippen LogP contribution in [0.1, 0.15) is 53.9 Å². The maximum Gasteiger partial charge on any atom is 0.0110 e. The Morgan fingerprint density at radius 3 is 2.25 bits per heavy atom. The van der Waals surface area contributed by atoms with Crippen molar-refractivity contribution < 1.29 is 0 Å². The van der Waals surface area contributed by atoms with Crippen molar-refractivity contribution in [2.24, 2.45) is 5.92 Å². The van der Waals surface area contributed by atoms with Crippen LogP contribution in [-0.2, 0) is 0 Å². The average Bonchev–Trinajstić information content (AvgIpc) is 2.91. The number of hydrogen-bond donors (Lipinski definition) is 1. The summed E-state index contributed by atoms with van der Waals surface area (Å²) < 4.78 is 0. The van der Waals surface area contributed by atoms with E-state index in [1.165, 1.54) is 32.4 Å². The van der Waals surface area contributed by atoms with Crippen molar-refractivity contribution in [3.05, 3.63) is 0 Å². The molecule has 0 unspecified atom stereocenters. The highest BCUT2D eigenvalue weighted by molar-refractivity contribution is 4.85. The molecule has 96 valence electrons. The van der Waals surface area contributed by atoms with Crippen molar-refractivity contribution in [3.63, 3.8) is 0 Å². The van der Waals surface area contributed by atoms with E-state index in [4.69, 9.17) is 0 Å². The van der Waals surface area contributed by atoms with E-state index in [1.807, 2.05) is 0 Å². The first kappa shape index (κ1) is 14.0. The van der Waals surface area contributed by atoms with Crippen LogP contribution in [0.15, 0.2) is 0 Å². The van der Waals surface area contributed by atoms with Crippen molar-refractivity contribution in [1.29, 1.82) is 0 Å². The third-order valence-electron chi connectivity index (χ3n) is 3.11. The molecule has 0 atom stereocenters. The molecule has 2 heteroatoms. The molecule has 0 amide bonds. The molecule has 1 fully saturated rings. The number of nitrogens with one attached hydrogen (secondary N) is 1. The molecule has 1 N–H and O–H groups in total. The van der Waals surface area contributed by atoms with Crippen LogP contribution in [0.3, 0.4) is 0 Å². The van der Waals surface area contributed by atoms with Gasteiger partial charge in [-0.05, 0) is 52.5 Å². The molecule has 0 aliphatic heterocycles. The van der Waals surface area contributed by atoms with Crippen LogP contribution < -0.4 is 5.32 Å². The molecule has 0 bridgehead atoms. The summed E-state index contributed by atoms with van der Waals surface area (Å²) in [5.74, 6) is 0.830. The zero-order chi connectivity index (χ0) is 12.2. The Morgan fingerprint density at radius 1 is 1.19 bits per heavy atom. The molecule has 0 aromatic heterocycles. The van der Waals surface area contributed by atoms with Crippen molar-refractivity contribution in [3.8, 4) is 0 Å². The van der Waals surface area contributed by atoms with Crippen molar-refractivity contribution in [2.45, 2.75) is 65.5 Å². The molecule has 1 saturated carbocycles. The lowest BCUT2D eigenvalue weighted by atomic mass is 10.1. The molecular formula is C14H30N2. The number of nitrogens with zero attached hydrogens (tertiary/aromatic N) is 1. The van der Waals surface area contributed by atoms with E-state index >= 15 is 0 Å². The summed E-state index contributed by atoms with van der Waals surface area (Å²) in [4.78, 5) is 2.68. The van der Waals surface area contributed by atoms with Gasteiger partial charge in [-0.15, -0.1) is 0 Å². The van der Waals surface area contributed by atoms with Crippen LogP contribution >= 0.6 is 0 Å². The zero-order valence-electron chi connectivity index (χ0n) is 11.8. The quantitative estimate of drug-likeness (QED) is 0.718. The van der Waals surface area contributed by atoms with Gasteiger partial charge in [0.05, 0.1) is 0 Å². The zero-order valence-corrected chi connectivity index (χ0v) is 11.8. The second-order valence-corrected chi connectivity index (χ2v) is 6.63. The monoisotopic (exact) mass is 226 g/mol. The minimum atomic E-state index is 0.257. The van der Waals surface area contributed by atoms with E-state index in [2.05, 4.69) is 44.8 Å². The van der Waals surface area contributed by atoms with Gasteiger partial charge in [0, 0.05) is 24.7 Å². The summed E-state index contributed by atoms with van der Waals surface area (Å²) in [5.41, 5.74) is 0.257. The van der Waals surface area contributed by atoms with Crippen molar-refractivity contribution >= 4 is 0 Å². The Kier molecular flexibility index (Phi) is 5.26. The Bertz CT molecular complexity index is 189. The minimum Gasteiger partial charge on any atom is -0.311 e. The molecule has 0 aromatic rings. The lowest BCUT2D eigenvalue weighted by molar-refractivity contribution is 0.238. The molecule has 0 heterocycles. The van der Waals surface area contributed by atoms with Gasteiger partial charge >= 0.3 is 0 Å². The fraction of sp³-hybridized carbons (Fsp3) is 1.00. The Balaban J connectivity index is 2.18. The molecule has 0 saturated heterocycles. The third-order valence-corrected chi connectivity index (χ3v) is 3.11. The summed E-state index contributed by atoms with van der Waals surface area (Å²) >= 11 is 0. The molecule has 0 spiro atoms. The van der Waals surface area contributed by atoms with Gasteiger partial charge in [0.1, 0.15) is 0 Å². The van der Waals surface area contributed by atoms with Gasteiger partial charge in [0.2, 0.25) is 0 Å². The molecule has 0 aromatic carbocycles. The van der Waals surface area contributed by atoms with E-state index in [9.17, 15) is 0 Å². The van der Waals surface area contributed by atoms with Crippen LogP contribution in [-0.4, -0.2) is 36.1 Å². The maximum atomic E-state index is 3.58. The fourth-order valence-electron chi connectivity index (χ4n) is 1.92. The van der Waals surface area contributed by atoms with Crippen molar-refractivity contribution in [2.75, 3.05) is 19.6 Å². The van der Waals surface area contributed by atoms with E-state index in [0.717, 1.165) is 18.5 Å². The third kappa shape index (κ3) is 6.49. The van der Waals surface area contributed by atoms with Crippen LogP contribution in [0.4, 0.5) is 0 Å². The van der Waals surface area contributed by atoms with Gasteiger partial charge in [-0.25, -0.2) is 0 Å². The molecular weight excluding hydrogens is 196 g/mol. The van der Waals surface area contributed by atoms with Crippen LogP contribution in [0.5, 0.6) is 0 Å². The Morgan fingerprint density at radius 2 is 1.81 bits per heavy atom. The SMILES string of the molecule is CC(C)CCN(CCNC(C)(C)C)C1CC1. The van der Waals surface area contributed by atoms with Crippen LogP contribution in [0.2, 0.25) is 0 Å². The Hall–Kier alpha value is -0.0800. The van der Waals surface area contributed by atoms with Crippen LogP contribution in [0, 0.1) is 5.92 Å². The van der Waals surface area contributed by atoms with Gasteiger partial charge in [-0.3, -0.25) is 4.90 Å². The molecule has 16 heavy (non-hydrogen) atoms. The predicted molar refractivity (Wildman–Crippen MR) is 71.8 cm³/mol. The van der Waals surface area contributed by atoms with Gasteiger partial charge in [-0.1, -0.05) is 13.8 Å². The second kappa shape index (κ2) is 6.02. The highest BCUT2D eigenvalue weighted by Gasteiger charge is 2.28. The normalized spacial score (nSPS) is 17.4. The highest BCUT2D eigenvalue weighted by Crippen LogP contribution is 2.26. The predicted octanol–water partition coefficient (Wildman–Crippen LogP) is 2.89. The van der Waals surface area contributed by atoms with Gasteiger partial charge in [-0.2, -0.15) is 0 Å². The smallest absolute Gasteiger partial charge is 0.0110 e. The van der Waals surface area contributed by atoms with E-state index in [1.54, 1.807) is 0 Å². The molecule has 1 aliphatic carbocycles. The first-order chi connectivity index (χ1) is 7.38. The number of rotatable bonds is 7. The van der Waals surface area contributed by atoms with E-state index in [0.29, 0.717) is 0 Å². The van der Waals surface area contributed by atoms with E-state index in [-0.39, 0.29) is 5.54 Å². The van der Waals surface area contributed by atoms with E-state index < -0.39 is 0 Å². The molecule has 2 nitrogen and oxygen atoms in total. The molecule has 1 aliphatic rings. The summed E-state index contributed by atoms with van der Waals surface area (Å²) in [7, 11) is 0. The maximum absolute atomic E-state index is 3.58. The summed E-state index contributed by atoms with van der Waals surface area (Å²) in [6.45, 7) is 15.0. The fourth-order valence-corrected chi connectivity index (χ4v) is 1.92. The Labute approximate surface area is 102 Å². The summed E-state index contributed by atoms with van der Waals surface area (Å²) in [5, 5.41) is 3.58. The summed E-state index contributed by atoms with van der Waals surface area (Å²) in [6, 6.07) is 0.903. The van der Waals surface area contributed by atoms with Gasteiger partial charge < -0.3 is 5.32 Å². The average molecular weight is 226 g/mol. The summed E-state index contributed by atoms with van der Waals surface area (Å²) in [6.07, 6.45) is 4.19. The molecule has 1 rings (SSSR count). The van der Waals surface area contributed by atoms with Gasteiger partial charge in [0.25, 0.3) is 0 Å². The second-order valence-electron chi connectivity index (χ2n) is 6.63. The highest BCUT2D eigenvalue weighted by atomic mass is 15.2. The lowest BCUT2D eigenvalue weighted by Crippen LogP contribution is -2.42.